The van der Waals surface area contributed by atoms with Crippen molar-refractivity contribution >= 4 is 10.0 Å². The molecule has 94 valence electrons. The molecule has 0 aromatic heterocycles. The number of nitrogens with one attached hydrogen (secondary N) is 1. The maximum absolute atomic E-state index is 11.8. The van der Waals surface area contributed by atoms with Gasteiger partial charge in [0.2, 0.25) is 10.0 Å². The highest BCUT2D eigenvalue weighted by Crippen LogP contribution is 2.09. The van der Waals surface area contributed by atoms with Crippen molar-refractivity contribution in [2.75, 3.05) is 6.54 Å². The van der Waals surface area contributed by atoms with E-state index in [1.165, 1.54) is 6.08 Å². The van der Waals surface area contributed by atoms with Gasteiger partial charge in [-0.2, -0.15) is 0 Å². The second-order valence-corrected chi connectivity index (χ2v) is 5.53. The summed E-state index contributed by atoms with van der Waals surface area (Å²) in [5, 5.41) is 9.39. The zero-order chi connectivity index (χ0) is 12.9. The molecule has 0 radical (unpaired) electrons. The summed E-state index contributed by atoms with van der Waals surface area (Å²) in [4.78, 5) is 0.204. The van der Waals surface area contributed by atoms with Gasteiger partial charge in [0.05, 0.1) is 11.0 Å². The summed E-state index contributed by atoms with van der Waals surface area (Å²) in [6.45, 7) is 3.62. The molecule has 1 aromatic rings. The minimum absolute atomic E-state index is 0.0272. The first-order valence-corrected chi connectivity index (χ1v) is 6.81. The van der Waals surface area contributed by atoms with Crippen molar-refractivity contribution in [3.63, 3.8) is 0 Å². The highest BCUT2D eigenvalue weighted by Gasteiger charge is 2.14. The van der Waals surface area contributed by atoms with Gasteiger partial charge in [-0.15, -0.1) is 0 Å². The molecular formula is C12H17NO3S. The number of allylic oxidation sites excluding steroid dienone is 1. The summed E-state index contributed by atoms with van der Waals surface area (Å²) in [6.07, 6.45) is 2.39. The lowest BCUT2D eigenvalue weighted by atomic mass is 10.2. The Bertz CT molecular complexity index is 477. The highest BCUT2D eigenvalue weighted by atomic mass is 32.2. The van der Waals surface area contributed by atoms with E-state index in [-0.39, 0.29) is 11.4 Å². The summed E-state index contributed by atoms with van der Waals surface area (Å²) in [7, 11) is -3.53. The Morgan fingerprint density at radius 1 is 1.35 bits per heavy atom. The molecule has 0 heterocycles. The van der Waals surface area contributed by atoms with Crippen LogP contribution in [0.2, 0.25) is 0 Å². The Kier molecular flexibility index (Phi) is 4.86. The van der Waals surface area contributed by atoms with Crippen LogP contribution in [-0.2, 0) is 10.0 Å². The van der Waals surface area contributed by atoms with Crippen LogP contribution < -0.4 is 4.72 Å². The minimum Gasteiger partial charge on any atom is -0.388 e. The van der Waals surface area contributed by atoms with Crippen LogP contribution in [0.1, 0.15) is 12.5 Å². The Balaban J connectivity index is 2.72. The second kappa shape index (κ2) is 5.95. The molecule has 5 heteroatoms. The summed E-state index contributed by atoms with van der Waals surface area (Å²) in [5.74, 6) is 0. The molecule has 0 saturated carbocycles. The Morgan fingerprint density at radius 3 is 2.47 bits per heavy atom. The predicted molar refractivity (Wildman–Crippen MR) is 67.2 cm³/mol. The van der Waals surface area contributed by atoms with Gasteiger partial charge in [-0.25, -0.2) is 13.1 Å². The molecule has 0 spiro atoms. The zero-order valence-electron chi connectivity index (χ0n) is 9.92. The zero-order valence-corrected chi connectivity index (χ0v) is 10.7. The van der Waals surface area contributed by atoms with Gasteiger partial charge in [-0.1, -0.05) is 29.8 Å². The van der Waals surface area contributed by atoms with Gasteiger partial charge >= 0.3 is 0 Å². The van der Waals surface area contributed by atoms with Crippen LogP contribution in [-0.4, -0.2) is 26.2 Å². The molecule has 0 amide bonds. The van der Waals surface area contributed by atoms with Gasteiger partial charge in [-0.3, -0.25) is 0 Å². The number of aryl methyl sites for hydroxylation is 1. The lowest BCUT2D eigenvalue weighted by molar-refractivity contribution is 0.226. The molecule has 1 atom stereocenters. The quantitative estimate of drug-likeness (QED) is 0.777. The Labute approximate surface area is 102 Å². The smallest absolute Gasteiger partial charge is 0.240 e. The van der Waals surface area contributed by atoms with Crippen LogP contribution in [0, 0.1) is 6.92 Å². The molecular weight excluding hydrogens is 238 g/mol. The van der Waals surface area contributed by atoms with E-state index < -0.39 is 16.1 Å². The third-order valence-corrected chi connectivity index (χ3v) is 3.67. The number of rotatable bonds is 5. The van der Waals surface area contributed by atoms with E-state index in [4.69, 9.17) is 0 Å². The van der Waals surface area contributed by atoms with Gasteiger partial charge in [0, 0.05) is 6.54 Å². The number of aliphatic hydroxyl groups is 1. The molecule has 1 unspecified atom stereocenters. The van der Waals surface area contributed by atoms with Gasteiger partial charge in [0.25, 0.3) is 0 Å². The monoisotopic (exact) mass is 255 g/mol. The van der Waals surface area contributed by atoms with E-state index in [0.29, 0.717) is 0 Å². The van der Waals surface area contributed by atoms with Crippen molar-refractivity contribution < 1.29 is 13.5 Å². The molecule has 0 aliphatic heterocycles. The fraction of sp³-hybridized carbons (Fsp3) is 0.333. The molecule has 0 aliphatic carbocycles. The van der Waals surface area contributed by atoms with E-state index in [1.54, 1.807) is 37.3 Å². The van der Waals surface area contributed by atoms with Gasteiger partial charge < -0.3 is 5.11 Å². The molecule has 0 aliphatic rings. The van der Waals surface area contributed by atoms with Crippen molar-refractivity contribution in [3.05, 3.63) is 42.0 Å². The van der Waals surface area contributed by atoms with Crippen LogP contribution in [0.15, 0.2) is 41.3 Å². The number of benzene rings is 1. The van der Waals surface area contributed by atoms with E-state index in [1.807, 2.05) is 6.92 Å². The first-order chi connectivity index (χ1) is 7.95. The standard InChI is InChI=1S/C12H17NO3S/c1-3-4-11(14)9-13-17(15,16)12-7-5-10(2)6-8-12/h3-8,11,13-14H,9H2,1-2H3/b4-3+. The maximum Gasteiger partial charge on any atom is 0.240 e. The van der Waals surface area contributed by atoms with Crippen LogP contribution >= 0.6 is 0 Å². The summed E-state index contributed by atoms with van der Waals surface area (Å²) >= 11 is 0. The van der Waals surface area contributed by atoms with E-state index in [0.717, 1.165) is 5.56 Å². The third kappa shape index (κ3) is 4.30. The molecule has 1 rings (SSSR count). The van der Waals surface area contributed by atoms with Crippen molar-refractivity contribution in [2.24, 2.45) is 0 Å². The van der Waals surface area contributed by atoms with Crippen molar-refractivity contribution in [1.82, 2.24) is 4.72 Å². The minimum atomic E-state index is -3.53. The number of hydrogen-bond acceptors (Lipinski definition) is 3. The molecule has 2 N–H and O–H groups in total. The lowest BCUT2D eigenvalue weighted by Crippen LogP contribution is -2.31. The topological polar surface area (TPSA) is 66.4 Å². The number of sulfonamides is 1. The van der Waals surface area contributed by atoms with E-state index in [9.17, 15) is 13.5 Å². The second-order valence-electron chi connectivity index (χ2n) is 3.76. The SMILES string of the molecule is C/C=C/C(O)CNS(=O)(=O)c1ccc(C)cc1. The third-order valence-electron chi connectivity index (χ3n) is 2.23. The molecule has 0 bridgehead atoms. The Morgan fingerprint density at radius 2 is 1.94 bits per heavy atom. The van der Waals surface area contributed by atoms with Crippen LogP contribution in [0.5, 0.6) is 0 Å². The Hall–Kier alpha value is -1.17. The van der Waals surface area contributed by atoms with Crippen LogP contribution in [0.4, 0.5) is 0 Å². The highest BCUT2D eigenvalue weighted by molar-refractivity contribution is 7.89. The van der Waals surface area contributed by atoms with E-state index in [2.05, 4.69) is 4.72 Å². The first kappa shape index (κ1) is 13.9. The largest absolute Gasteiger partial charge is 0.388 e. The maximum atomic E-state index is 11.8. The molecule has 1 aromatic carbocycles. The normalized spacial score (nSPS) is 14.1. The molecule has 4 nitrogen and oxygen atoms in total. The van der Waals surface area contributed by atoms with Crippen molar-refractivity contribution in [3.8, 4) is 0 Å². The fourth-order valence-electron chi connectivity index (χ4n) is 1.29. The van der Waals surface area contributed by atoms with Crippen LogP contribution in [0.25, 0.3) is 0 Å². The van der Waals surface area contributed by atoms with Crippen LogP contribution in [0.3, 0.4) is 0 Å². The summed E-state index contributed by atoms with van der Waals surface area (Å²) in [5.41, 5.74) is 0.998. The first-order valence-electron chi connectivity index (χ1n) is 5.33. The van der Waals surface area contributed by atoms with Crippen molar-refractivity contribution in [2.45, 2.75) is 24.8 Å². The average Bonchev–Trinajstić information content (AvgIpc) is 2.28. The molecule has 17 heavy (non-hydrogen) atoms. The molecule has 0 saturated heterocycles. The van der Waals surface area contributed by atoms with Gasteiger partial charge in [-0.05, 0) is 26.0 Å². The van der Waals surface area contributed by atoms with Gasteiger partial charge in [0.15, 0.2) is 0 Å². The predicted octanol–water partition coefficient (Wildman–Crippen LogP) is 1.21. The van der Waals surface area contributed by atoms with Crippen molar-refractivity contribution in [1.29, 1.82) is 0 Å². The van der Waals surface area contributed by atoms with E-state index >= 15 is 0 Å². The van der Waals surface area contributed by atoms with Gasteiger partial charge in [0.1, 0.15) is 0 Å². The number of hydrogen-bond donors (Lipinski definition) is 2. The average molecular weight is 255 g/mol. The summed E-state index contributed by atoms with van der Waals surface area (Å²) in [6, 6.07) is 6.55. The lowest BCUT2D eigenvalue weighted by Gasteiger charge is -2.09. The fourth-order valence-corrected chi connectivity index (χ4v) is 2.34. The summed E-state index contributed by atoms with van der Waals surface area (Å²) < 4.78 is 26.0. The number of aliphatic hydroxyl groups excluding tert-OH is 1. The molecule has 0 fully saturated rings.